The van der Waals surface area contributed by atoms with Gasteiger partial charge in [0.15, 0.2) is 0 Å². The summed E-state index contributed by atoms with van der Waals surface area (Å²) in [6.45, 7) is 4.74. The summed E-state index contributed by atoms with van der Waals surface area (Å²) in [6.07, 6.45) is 0. The second kappa shape index (κ2) is 15.5. The lowest BCUT2D eigenvalue weighted by Crippen LogP contribution is -2.18. The van der Waals surface area contributed by atoms with E-state index in [0.29, 0.717) is 0 Å². The van der Waals surface area contributed by atoms with Gasteiger partial charge in [-0.1, -0.05) is 232 Å². The molecule has 1 aliphatic carbocycles. The number of hydrogen-bond acceptors (Lipinski definition) is 2. The average molecular weight is 832 g/mol. The van der Waals surface area contributed by atoms with Crippen molar-refractivity contribution in [3.63, 3.8) is 0 Å². The first-order chi connectivity index (χ1) is 32.1. The molecule has 0 saturated heterocycles. The molecule has 65 heavy (non-hydrogen) atoms. The molecule has 0 fully saturated rings. The monoisotopic (exact) mass is 831 g/mol. The molecule has 0 aliphatic heterocycles. The van der Waals surface area contributed by atoms with E-state index in [2.05, 4.69) is 260 Å². The van der Waals surface area contributed by atoms with Crippen molar-refractivity contribution in [1.29, 1.82) is 0 Å². The molecule has 1 aliphatic rings. The fraction of sp³-hybridized carbons (Fsp3) is 0.0484. The van der Waals surface area contributed by atoms with Gasteiger partial charge in [0.05, 0.1) is 22.6 Å². The number of aromatic nitrogens is 2. The van der Waals surface area contributed by atoms with Gasteiger partial charge in [0, 0.05) is 44.1 Å². The molecule has 12 rings (SSSR count). The molecule has 0 unspecified atom stereocenters. The lowest BCUT2D eigenvalue weighted by atomic mass is 9.82. The maximum atomic E-state index is 5.75. The zero-order valence-corrected chi connectivity index (χ0v) is 36.4. The Kier molecular flexibility index (Phi) is 9.17. The number of fused-ring (bicyclic) bond motifs is 6. The highest BCUT2D eigenvalue weighted by molar-refractivity contribution is 6.16. The topological polar surface area (TPSA) is 20.5 Å². The van der Waals surface area contributed by atoms with Crippen LogP contribution in [0.15, 0.2) is 237 Å². The molecule has 0 radical (unpaired) electrons. The average Bonchev–Trinajstić information content (AvgIpc) is 3.88. The minimum Gasteiger partial charge on any atom is -0.307 e. The van der Waals surface area contributed by atoms with E-state index < -0.39 is 0 Å². The largest absolute Gasteiger partial charge is 0.307 e. The third kappa shape index (κ3) is 6.23. The quantitative estimate of drug-likeness (QED) is 0.152. The molecule has 0 atom stereocenters. The Balaban J connectivity index is 1.25. The molecule has 0 saturated carbocycles. The van der Waals surface area contributed by atoms with Crippen LogP contribution in [0.2, 0.25) is 0 Å². The van der Waals surface area contributed by atoms with Gasteiger partial charge >= 0.3 is 0 Å². The number of nitrogens with zero attached hydrogens (tertiary/aromatic N) is 3. The van der Waals surface area contributed by atoms with E-state index in [0.717, 1.165) is 78.1 Å². The van der Waals surface area contributed by atoms with E-state index >= 15 is 0 Å². The molecule has 3 nitrogen and oxygen atoms in total. The second-order valence-electron chi connectivity index (χ2n) is 17.5. The molecule has 0 amide bonds. The van der Waals surface area contributed by atoms with Gasteiger partial charge in [-0.2, -0.15) is 5.10 Å². The van der Waals surface area contributed by atoms with Gasteiger partial charge in [-0.3, -0.25) is 0 Å². The molecular weight excluding hydrogens is 787 g/mol. The normalized spacial score (nSPS) is 12.6. The Morgan fingerprint density at radius 2 is 0.908 bits per heavy atom. The first-order valence-electron chi connectivity index (χ1n) is 22.5. The summed E-state index contributed by atoms with van der Waals surface area (Å²) >= 11 is 0. The highest BCUT2D eigenvalue weighted by Gasteiger charge is 2.37. The lowest BCUT2D eigenvalue weighted by Gasteiger charge is -2.33. The Bertz CT molecular complexity index is 3550. The molecule has 9 aromatic carbocycles. The standard InChI is InChI=1S/C62H45N3/c1-62(2)54-37-21-19-33-49(54)50-40-39-46(41-55(50)62)64(56-38-22-20-34-51(56)48-32-16-15-31-47(48)42-23-7-3-8-24-42)61-53-36-18-17-35-52(53)60-57(43-25-9-4-10-26-43)58(44-27-11-5-12-28-44)63-65(60)59(61)45-29-13-6-14-30-45/h3-41H,1-2H3. The minimum absolute atomic E-state index is 0.210. The van der Waals surface area contributed by atoms with Crippen molar-refractivity contribution in [2.24, 2.45) is 0 Å². The van der Waals surface area contributed by atoms with Crippen molar-refractivity contribution < 1.29 is 0 Å². The minimum atomic E-state index is -0.210. The molecule has 0 N–H and O–H groups in total. The van der Waals surface area contributed by atoms with Crippen molar-refractivity contribution in [3.8, 4) is 67.0 Å². The number of anilines is 3. The number of benzene rings is 9. The Morgan fingerprint density at radius 3 is 1.60 bits per heavy atom. The van der Waals surface area contributed by atoms with Crippen LogP contribution < -0.4 is 4.90 Å². The highest BCUT2D eigenvalue weighted by atomic mass is 15.3. The molecule has 3 heteroatoms. The number of para-hydroxylation sites is 1. The molecule has 11 aromatic rings. The lowest BCUT2D eigenvalue weighted by molar-refractivity contribution is 0.660. The van der Waals surface area contributed by atoms with Crippen LogP contribution >= 0.6 is 0 Å². The summed E-state index contributed by atoms with van der Waals surface area (Å²) in [5.74, 6) is 0. The van der Waals surface area contributed by atoms with Gasteiger partial charge in [-0.05, 0) is 62.7 Å². The van der Waals surface area contributed by atoms with Gasteiger partial charge in [0.2, 0.25) is 0 Å². The molecule has 0 spiro atoms. The third-order valence-electron chi connectivity index (χ3n) is 13.4. The first-order valence-corrected chi connectivity index (χ1v) is 22.5. The Hall–Kier alpha value is -8.27. The summed E-state index contributed by atoms with van der Waals surface area (Å²) < 4.78 is 2.25. The second-order valence-corrected chi connectivity index (χ2v) is 17.5. The van der Waals surface area contributed by atoms with Gasteiger partial charge in [-0.25, -0.2) is 4.52 Å². The summed E-state index contributed by atoms with van der Waals surface area (Å²) in [7, 11) is 0. The van der Waals surface area contributed by atoms with Crippen LogP contribution in [-0.4, -0.2) is 9.61 Å². The van der Waals surface area contributed by atoms with E-state index in [1.165, 1.54) is 33.4 Å². The van der Waals surface area contributed by atoms with Crippen molar-refractivity contribution >= 4 is 33.4 Å². The van der Waals surface area contributed by atoms with E-state index in [9.17, 15) is 0 Å². The fourth-order valence-corrected chi connectivity index (χ4v) is 10.4. The fourth-order valence-electron chi connectivity index (χ4n) is 10.4. The smallest absolute Gasteiger partial charge is 0.101 e. The summed E-state index contributed by atoms with van der Waals surface area (Å²) in [5.41, 5.74) is 20.3. The van der Waals surface area contributed by atoms with Crippen LogP contribution in [0, 0.1) is 0 Å². The van der Waals surface area contributed by atoms with Crippen LogP contribution in [0.3, 0.4) is 0 Å². The number of pyridine rings is 1. The molecule has 2 heterocycles. The van der Waals surface area contributed by atoms with Crippen LogP contribution in [0.5, 0.6) is 0 Å². The van der Waals surface area contributed by atoms with Gasteiger partial charge in [0.1, 0.15) is 5.69 Å². The van der Waals surface area contributed by atoms with Crippen molar-refractivity contribution in [2.45, 2.75) is 19.3 Å². The van der Waals surface area contributed by atoms with Gasteiger partial charge < -0.3 is 4.90 Å². The van der Waals surface area contributed by atoms with Crippen molar-refractivity contribution in [3.05, 3.63) is 248 Å². The molecular formula is C62H45N3. The predicted molar refractivity (Wildman–Crippen MR) is 272 cm³/mol. The van der Waals surface area contributed by atoms with Crippen molar-refractivity contribution in [2.75, 3.05) is 4.90 Å². The zero-order chi connectivity index (χ0) is 43.5. The van der Waals surface area contributed by atoms with Crippen LogP contribution in [0.4, 0.5) is 17.1 Å². The van der Waals surface area contributed by atoms with E-state index in [1.54, 1.807) is 0 Å². The van der Waals surface area contributed by atoms with E-state index in [4.69, 9.17) is 5.10 Å². The predicted octanol–water partition coefficient (Wildman–Crippen LogP) is 16.6. The van der Waals surface area contributed by atoms with Crippen LogP contribution in [0.25, 0.3) is 83.3 Å². The van der Waals surface area contributed by atoms with Gasteiger partial charge in [-0.15, -0.1) is 0 Å². The van der Waals surface area contributed by atoms with E-state index in [-0.39, 0.29) is 5.41 Å². The molecule has 2 aromatic heterocycles. The van der Waals surface area contributed by atoms with Crippen LogP contribution in [-0.2, 0) is 5.41 Å². The Labute approximate surface area is 380 Å². The van der Waals surface area contributed by atoms with Crippen LogP contribution in [0.1, 0.15) is 25.0 Å². The molecule has 0 bridgehead atoms. The highest BCUT2D eigenvalue weighted by Crippen LogP contribution is 2.54. The SMILES string of the molecule is CC1(C)c2ccccc2-c2ccc(N(c3ccccc3-c3ccccc3-c3ccccc3)c3c(-c4ccccc4)n4nc(-c5ccccc5)c(-c5ccccc5)c4c4ccccc34)cc21. The maximum absolute atomic E-state index is 5.75. The first kappa shape index (κ1) is 38.4. The summed E-state index contributed by atoms with van der Waals surface area (Å²) in [6, 6.07) is 85.8. The molecule has 308 valence electrons. The maximum Gasteiger partial charge on any atom is 0.101 e. The van der Waals surface area contributed by atoms with Crippen molar-refractivity contribution in [1.82, 2.24) is 9.61 Å². The Morgan fingerprint density at radius 1 is 0.400 bits per heavy atom. The summed E-state index contributed by atoms with van der Waals surface area (Å²) in [4.78, 5) is 2.53. The van der Waals surface area contributed by atoms with E-state index in [1.807, 2.05) is 0 Å². The zero-order valence-electron chi connectivity index (χ0n) is 36.4. The number of hydrogen-bond donors (Lipinski definition) is 0. The van der Waals surface area contributed by atoms with Gasteiger partial charge in [0.25, 0.3) is 0 Å². The summed E-state index contributed by atoms with van der Waals surface area (Å²) in [5, 5.41) is 8.00. The number of rotatable bonds is 8. The third-order valence-corrected chi connectivity index (χ3v) is 13.4.